The molecule has 0 saturated carbocycles. The summed E-state index contributed by atoms with van der Waals surface area (Å²) in [6.45, 7) is 8.62. The second kappa shape index (κ2) is 7.41. The molecule has 0 aliphatic carbocycles. The molecule has 0 spiro atoms. The molecule has 106 valence electrons. The minimum Gasteiger partial charge on any atom is -0.368 e. The summed E-state index contributed by atoms with van der Waals surface area (Å²) in [5.41, 5.74) is 2.45. The van der Waals surface area contributed by atoms with Crippen LogP contribution < -0.4 is 10.2 Å². The number of rotatable bonds is 5. The van der Waals surface area contributed by atoms with E-state index in [1.165, 1.54) is 17.0 Å². The van der Waals surface area contributed by atoms with Gasteiger partial charge in [0.05, 0.1) is 10.7 Å². The van der Waals surface area contributed by atoms with Gasteiger partial charge in [-0.25, -0.2) is 0 Å². The fraction of sp³-hybridized carbons (Fsp3) is 0.600. The Morgan fingerprint density at radius 1 is 1.47 bits per heavy atom. The van der Waals surface area contributed by atoms with Crippen LogP contribution in [0.2, 0.25) is 5.02 Å². The van der Waals surface area contributed by atoms with Crippen molar-refractivity contribution < 1.29 is 0 Å². The molecule has 1 unspecified atom stereocenters. The summed E-state index contributed by atoms with van der Waals surface area (Å²) < 4.78 is 0. The minimum absolute atomic E-state index is 0.690. The number of benzene rings is 1. The highest BCUT2D eigenvalue weighted by atomic mass is 35.5. The number of hydrogen-bond donors (Lipinski definition) is 1. The van der Waals surface area contributed by atoms with Gasteiger partial charge in [-0.15, -0.1) is 0 Å². The zero-order chi connectivity index (χ0) is 13.7. The van der Waals surface area contributed by atoms with Gasteiger partial charge in [0.2, 0.25) is 0 Å². The van der Waals surface area contributed by atoms with Crippen LogP contribution in [-0.4, -0.2) is 30.6 Å². The maximum atomic E-state index is 6.45. The molecule has 1 aromatic rings. The first-order chi connectivity index (χ1) is 9.20. The highest BCUT2D eigenvalue weighted by Crippen LogP contribution is 2.30. The molecule has 1 N–H and O–H groups in total. The van der Waals surface area contributed by atoms with E-state index < -0.39 is 0 Å². The van der Waals surface area contributed by atoms with E-state index >= 15 is 0 Å². The maximum absolute atomic E-state index is 6.45. The molecule has 1 aliphatic rings. The maximum Gasteiger partial charge on any atom is 0.0642 e. The van der Waals surface area contributed by atoms with Crippen molar-refractivity contribution in [3.8, 4) is 0 Å². The topological polar surface area (TPSA) is 15.3 Å². The van der Waals surface area contributed by atoms with Crippen LogP contribution in [-0.2, 0) is 6.54 Å². The third kappa shape index (κ3) is 4.30. The van der Waals surface area contributed by atoms with Crippen LogP contribution in [0.25, 0.3) is 0 Å². The lowest BCUT2D eigenvalue weighted by molar-refractivity contribution is 0.675. The molecule has 1 saturated heterocycles. The molecule has 0 aromatic heterocycles. The van der Waals surface area contributed by atoms with Gasteiger partial charge in [0.15, 0.2) is 0 Å². The predicted octanol–water partition coefficient (Wildman–Crippen LogP) is 3.78. The van der Waals surface area contributed by atoms with Crippen LogP contribution in [0.5, 0.6) is 0 Å². The molecular formula is C15H23ClN2S. The van der Waals surface area contributed by atoms with E-state index in [9.17, 15) is 0 Å². The molecule has 1 heterocycles. The first kappa shape index (κ1) is 15.0. The Balaban J connectivity index is 2.02. The zero-order valence-electron chi connectivity index (χ0n) is 11.8. The van der Waals surface area contributed by atoms with Gasteiger partial charge in [-0.3, -0.25) is 0 Å². The van der Waals surface area contributed by atoms with E-state index in [1.807, 2.05) is 11.8 Å². The van der Waals surface area contributed by atoms with Crippen LogP contribution in [0.4, 0.5) is 5.69 Å². The van der Waals surface area contributed by atoms with Gasteiger partial charge in [0.1, 0.15) is 0 Å². The van der Waals surface area contributed by atoms with Crippen molar-refractivity contribution in [1.29, 1.82) is 0 Å². The van der Waals surface area contributed by atoms with Crippen LogP contribution in [0.1, 0.15) is 25.8 Å². The summed E-state index contributed by atoms with van der Waals surface area (Å²) in [4.78, 5) is 2.41. The lowest BCUT2D eigenvalue weighted by Gasteiger charge is -2.33. The van der Waals surface area contributed by atoms with Crippen LogP contribution in [0, 0.1) is 0 Å². The summed E-state index contributed by atoms with van der Waals surface area (Å²) in [6, 6.07) is 6.47. The van der Waals surface area contributed by atoms with Crippen molar-refractivity contribution in [2.45, 2.75) is 32.1 Å². The van der Waals surface area contributed by atoms with Gasteiger partial charge in [-0.1, -0.05) is 31.5 Å². The quantitative estimate of drug-likeness (QED) is 0.833. The van der Waals surface area contributed by atoms with Gasteiger partial charge in [-0.2, -0.15) is 11.8 Å². The summed E-state index contributed by atoms with van der Waals surface area (Å²) in [6.07, 6.45) is 1.16. The van der Waals surface area contributed by atoms with Crippen molar-refractivity contribution in [3.63, 3.8) is 0 Å². The average molecular weight is 299 g/mol. The molecule has 19 heavy (non-hydrogen) atoms. The van der Waals surface area contributed by atoms with Crippen molar-refractivity contribution in [2.75, 3.05) is 30.3 Å². The van der Waals surface area contributed by atoms with Crippen molar-refractivity contribution in [2.24, 2.45) is 0 Å². The monoisotopic (exact) mass is 298 g/mol. The van der Waals surface area contributed by atoms with Crippen molar-refractivity contribution in [3.05, 3.63) is 28.8 Å². The predicted molar refractivity (Wildman–Crippen MR) is 87.6 cm³/mol. The molecule has 0 bridgehead atoms. The first-order valence-electron chi connectivity index (χ1n) is 7.06. The Labute approximate surface area is 125 Å². The zero-order valence-corrected chi connectivity index (χ0v) is 13.4. The molecule has 1 aromatic carbocycles. The fourth-order valence-electron chi connectivity index (χ4n) is 2.36. The SMILES string of the molecule is CCCNCc1ccc(N2CCSC(C)C2)c(Cl)c1. The number of thioether (sulfide) groups is 1. The van der Waals surface area contributed by atoms with Gasteiger partial charge in [-0.05, 0) is 30.7 Å². The largest absolute Gasteiger partial charge is 0.368 e. The average Bonchev–Trinajstić information content (AvgIpc) is 2.39. The van der Waals surface area contributed by atoms with E-state index in [-0.39, 0.29) is 0 Å². The highest BCUT2D eigenvalue weighted by molar-refractivity contribution is 8.00. The van der Waals surface area contributed by atoms with E-state index in [2.05, 4.69) is 42.3 Å². The molecule has 1 aliphatic heterocycles. The highest BCUT2D eigenvalue weighted by Gasteiger charge is 2.18. The normalized spacial score (nSPS) is 19.7. The number of anilines is 1. The molecular weight excluding hydrogens is 276 g/mol. The number of halogens is 1. The smallest absolute Gasteiger partial charge is 0.0642 e. The molecule has 1 fully saturated rings. The lowest BCUT2D eigenvalue weighted by atomic mass is 10.2. The second-order valence-corrected chi connectivity index (χ2v) is 7.04. The Bertz CT molecular complexity index is 411. The standard InChI is InChI=1S/C15H23ClN2S/c1-3-6-17-10-13-4-5-15(14(16)9-13)18-7-8-19-12(2)11-18/h4-5,9,12,17H,3,6-8,10-11H2,1-2H3. The molecule has 1 atom stereocenters. The van der Waals surface area contributed by atoms with Crippen molar-refractivity contribution in [1.82, 2.24) is 5.32 Å². The van der Waals surface area contributed by atoms with Crippen LogP contribution >= 0.6 is 23.4 Å². The fourth-order valence-corrected chi connectivity index (χ4v) is 3.70. The summed E-state index contributed by atoms with van der Waals surface area (Å²) >= 11 is 8.49. The Kier molecular flexibility index (Phi) is 5.86. The van der Waals surface area contributed by atoms with Gasteiger partial charge < -0.3 is 10.2 Å². The summed E-state index contributed by atoms with van der Waals surface area (Å²) in [5, 5.41) is 4.98. The van der Waals surface area contributed by atoms with E-state index in [0.29, 0.717) is 5.25 Å². The molecule has 2 rings (SSSR count). The summed E-state index contributed by atoms with van der Waals surface area (Å²) in [5.74, 6) is 1.19. The Morgan fingerprint density at radius 2 is 2.32 bits per heavy atom. The van der Waals surface area contributed by atoms with E-state index in [4.69, 9.17) is 11.6 Å². The van der Waals surface area contributed by atoms with Gasteiger partial charge in [0, 0.05) is 30.6 Å². The van der Waals surface area contributed by atoms with Crippen LogP contribution in [0.15, 0.2) is 18.2 Å². The number of nitrogens with one attached hydrogen (secondary N) is 1. The third-order valence-corrected chi connectivity index (χ3v) is 4.79. The molecule has 2 nitrogen and oxygen atoms in total. The number of hydrogen-bond acceptors (Lipinski definition) is 3. The molecule has 0 radical (unpaired) electrons. The van der Waals surface area contributed by atoms with Crippen LogP contribution in [0.3, 0.4) is 0 Å². The van der Waals surface area contributed by atoms with Crippen molar-refractivity contribution >= 4 is 29.1 Å². The first-order valence-corrected chi connectivity index (χ1v) is 8.49. The van der Waals surface area contributed by atoms with Gasteiger partial charge in [0.25, 0.3) is 0 Å². The lowest BCUT2D eigenvalue weighted by Crippen LogP contribution is -2.36. The summed E-state index contributed by atoms with van der Waals surface area (Å²) in [7, 11) is 0. The minimum atomic E-state index is 0.690. The second-order valence-electron chi connectivity index (χ2n) is 5.09. The Hall–Kier alpha value is -0.380. The van der Waals surface area contributed by atoms with E-state index in [1.54, 1.807) is 0 Å². The molecule has 0 amide bonds. The third-order valence-electron chi connectivity index (χ3n) is 3.35. The number of nitrogens with zero attached hydrogens (tertiary/aromatic N) is 1. The van der Waals surface area contributed by atoms with E-state index in [0.717, 1.165) is 37.6 Å². The Morgan fingerprint density at radius 3 is 3.00 bits per heavy atom. The molecule has 4 heteroatoms. The van der Waals surface area contributed by atoms with Gasteiger partial charge >= 0.3 is 0 Å².